The number of hydrazone groups is 1. The quantitative estimate of drug-likeness (QED) is 0.757. The third-order valence-corrected chi connectivity index (χ3v) is 6.05. The Kier molecular flexibility index (Phi) is 4.20. The number of urea groups is 1. The molecule has 24 heavy (non-hydrogen) atoms. The zero-order valence-corrected chi connectivity index (χ0v) is 15.0. The van der Waals surface area contributed by atoms with E-state index in [4.69, 9.17) is 9.05 Å². The van der Waals surface area contributed by atoms with Crippen LogP contribution in [0.1, 0.15) is 26.3 Å². The lowest BCUT2D eigenvalue weighted by molar-refractivity contribution is -0.110. The molecule has 0 aliphatic carbocycles. The van der Waals surface area contributed by atoms with Crippen LogP contribution in [0.3, 0.4) is 0 Å². The highest BCUT2D eigenvalue weighted by atomic mass is 31.2. The van der Waals surface area contributed by atoms with Gasteiger partial charge < -0.3 is 9.05 Å². The summed E-state index contributed by atoms with van der Waals surface area (Å²) in [5.74, 6) is -0.309. The highest BCUT2D eigenvalue weighted by Gasteiger charge is 2.45. The number of hydrogen-bond donors (Lipinski definition) is 0. The van der Waals surface area contributed by atoms with Gasteiger partial charge in [-0.1, -0.05) is 31.5 Å². The van der Waals surface area contributed by atoms with E-state index in [0.717, 1.165) is 10.6 Å². The Bertz CT molecular complexity index is 769. The van der Waals surface area contributed by atoms with E-state index in [1.165, 1.54) is 6.92 Å². The molecule has 0 bridgehead atoms. The van der Waals surface area contributed by atoms with Gasteiger partial charge >= 0.3 is 6.03 Å². The van der Waals surface area contributed by atoms with Crippen LogP contribution in [0.4, 0.5) is 10.5 Å². The van der Waals surface area contributed by atoms with Gasteiger partial charge in [0.05, 0.1) is 18.9 Å². The van der Waals surface area contributed by atoms with Crippen molar-refractivity contribution >= 4 is 30.5 Å². The Labute approximate surface area is 140 Å². The van der Waals surface area contributed by atoms with E-state index < -0.39 is 13.5 Å². The second-order valence-electron chi connectivity index (χ2n) is 6.74. The Balaban J connectivity index is 2.01. The largest absolute Gasteiger partial charge is 0.371 e. The smallest absolute Gasteiger partial charge is 0.318 e. The van der Waals surface area contributed by atoms with Crippen LogP contribution in [0.25, 0.3) is 0 Å². The molecule has 0 aromatic heterocycles. The first kappa shape index (κ1) is 17.0. The lowest BCUT2D eigenvalue weighted by Crippen LogP contribution is -2.37. The number of carbonyl (C=O) groups is 2. The molecule has 1 fully saturated rings. The van der Waals surface area contributed by atoms with E-state index >= 15 is 0 Å². The number of hydrogen-bond acceptors (Lipinski definition) is 5. The maximum Gasteiger partial charge on any atom is 0.371 e. The molecule has 2 amide bonds. The Morgan fingerprint density at radius 3 is 2.33 bits per heavy atom. The van der Waals surface area contributed by atoms with Gasteiger partial charge in [0.2, 0.25) is 0 Å². The first-order valence-electron chi connectivity index (χ1n) is 7.65. The molecule has 2 aliphatic rings. The van der Waals surface area contributed by atoms with Crippen molar-refractivity contribution in [3.05, 3.63) is 29.8 Å². The number of Topliss-reactive ketones (excluding diaryl/α,β-unsaturated/α-hetero) is 1. The first-order chi connectivity index (χ1) is 11.2. The predicted octanol–water partition coefficient (Wildman–Crippen LogP) is 3.94. The minimum atomic E-state index is -3.12. The summed E-state index contributed by atoms with van der Waals surface area (Å²) in [4.78, 5) is 24.6. The molecule has 0 N–H and O–H groups in total. The predicted molar refractivity (Wildman–Crippen MR) is 92.2 cm³/mol. The van der Waals surface area contributed by atoms with Crippen LogP contribution in [-0.4, -0.2) is 30.5 Å². The molecule has 0 radical (unpaired) electrons. The molecule has 7 nitrogen and oxygen atoms in total. The molecule has 8 heteroatoms. The van der Waals surface area contributed by atoms with Gasteiger partial charge in [-0.15, -0.1) is 0 Å². The molecule has 1 aromatic rings. The molecule has 0 saturated carbocycles. The van der Waals surface area contributed by atoms with Gasteiger partial charge in [-0.2, -0.15) is 14.9 Å². The van der Waals surface area contributed by atoms with Crippen LogP contribution in [0.5, 0.6) is 0 Å². The highest BCUT2D eigenvalue weighted by molar-refractivity contribution is 7.77. The van der Waals surface area contributed by atoms with E-state index in [1.807, 2.05) is 32.9 Å². The van der Waals surface area contributed by atoms with Crippen LogP contribution in [0.15, 0.2) is 34.1 Å². The molecular weight excluding hydrogens is 329 g/mol. The van der Waals surface area contributed by atoms with Gasteiger partial charge in [0.1, 0.15) is 0 Å². The van der Waals surface area contributed by atoms with E-state index in [0.29, 0.717) is 18.9 Å². The topological polar surface area (TPSA) is 80.6 Å². The van der Waals surface area contributed by atoms with Gasteiger partial charge in [-0.25, -0.2) is 4.79 Å². The number of benzene rings is 1. The normalized spacial score (nSPS) is 22.1. The highest BCUT2D eigenvalue weighted by Crippen LogP contribution is 2.59. The number of rotatable bonds is 2. The SMILES string of the molecule is CC(=O)C1=NN(c2ccc(C)cc2)C(=O)N=P12OCC(C)(C)CO2. The van der Waals surface area contributed by atoms with Crippen molar-refractivity contribution in [3.63, 3.8) is 0 Å². The third-order valence-electron chi connectivity index (χ3n) is 3.71. The van der Waals surface area contributed by atoms with Crippen molar-refractivity contribution in [1.82, 2.24) is 0 Å². The Hall–Kier alpha value is -1.82. The fraction of sp³-hybridized carbons (Fsp3) is 0.438. The van der Waals surface area contributed by atoms with Gasteiger partial charge in [0.15, 0.2) is 11.2 Å². The summed E-state index contributed by atoms with van der Waals surface area (Å²) < 4.78 is 15.7. The second kappa shape index (κ2) is 5.92. The summed E-state index contributed by atoms with van der Waals surface area (Å²) >= 11 is 0. The Morgan fingerprint density at radius 1 is 1.21 bits per heavy atom. The lowest BCUT2D eigenvalue weighted by Gasteiger charge is -2.38. The van der Waals surface area contributed by atoms with Crippen molar-refractivity contribution in [3.8, 4) is 0 Å². The van der Waals surface area contributed by atoms with Crippen molar-refractivity contribution in [2.24, 2.45) is 15.3 Å². The zero-order valence-electron chi connectivity index (χ0n) is 14.1. The standard InChI is InChI=1S/C16H20N3O4P/c1-11-5-7-13(8-6-11)19-15(21)18-24(14(17-19)12(2)20)22-9-16(3,4)10-23-24/h5-8H,9-10H2,1-4H3. The molecule has 1 spiro atoms. The maximum atomic E-state index is 12.5. The molecule has 2 heterocycles. The average molecular weight is 349 g/mol. The summed E-state index contributed by atoms with van der Waals surface area (Å²) in [5.41, 5.74) is 1.49. The number of anilines is 1. The van der Waals surface area contributed by atoms with Crippen molar-refractivity contribution in [1.29, 1.82) is 0 Å². The molecule has 2 aliphatic heterocycles. The third kappa shape index (κ3) is 3.07. The molecule has 0 unspecified atom stereocenters. The van der Waals surface area contributed by atoms with E-state index in [2.05, 4.69) is 9.85 Å². The van der Waals surface area contributed by atoms with Crippen LogP contribution >= 0.6 is 7.51 Å². The van der Waals surface area contributed by atoms with Gasteiger partial charge in [-0.05, 0) is 19.1 Å². The summed E-state index contributed by atoms with van der Waals surface area (Å²) in [7, 11) is -3.12. The van der Waals surface area contributed by atoms with Crippen LogP contribution in [0.2, 0.25) is 0 Å². The summed E-state index contributed by atoms with van der Waals surface area (Å²) in [6.07, 6.45) is 0. The number of carbonyl (C=O) groups excluding carboxylic acids is 2. The fourth-order valence-corrected chi connectivity index (χ4v) is 4.79. The van der Waals surface area contributed by atoms with Gasteiger partial charge in [-0.3, -0.25) is 4.79 Å². The Morgan fingerprint density at radius 2 is 1.79 bits per heavy atom. The minimum absolute atomic E-state index is 0.0816. The fourth-order valence-electron chi connectivity index (χ4n) is 2.30. The summed E-state index contributed by atoms with van der Waals surface area (Å²) in [5, 5.41) is 5.36. The summed E-state index contributed by atoms with van der Waals surface area (Å²) in [6, 6.07) is 6.65. The molecule has 1 saturated heterocycles. The molecule has 0 atom stereocenters. The van der Waals surface area contributed by atoms with E-state index in [1.54, 1.807) is 12.1 Å². The monoisotopic (exact) mass is 349 g/mol. The van der Waals surface area contributed by atoms with Crippen molar-refractivity contribution in [2.75, 3.05) is 18.2 Å². The summed E-state index contributed by atoms with van der Waals surface area (Å²) in [6.45, 7) is 8.01. The molecule has 3 rings (SSSR count). The number of amides is 2. The van der Waals surface area contributed by atoms with Crippen molar-refractivity contribution < 1.29 is 18.6 Å². The van der Waals surface area contributed by atoms with Crippen LogP contribution < -0.4 is 5.01 Å². The zero-order chi connectivity index (χ0) is 17.5. The van der Waals surface area contributed by atoms with Crippen molar-refractivity contribution in [2.45, 2.75) is 27.7 Å². The molecule has 1 aromatic carbocycles. The number of aryl methyl sites for hydroxylation is 1. The van der Waals surface area contributed by atoms with E-state index in [-0.39, 0.29) is 16.7 Å². The number of nitrogens with zero attached hydrogens (tertiary/aromatic N) is 3. The van der Waals surface area contributed by atoms with Crippen LogP contribution in [-0.2, 0) is 13.8 Å². The minimum Gasteiger partial charge on any atom is -0.318 e. The first-order valence-corrected chi connectivity index (χ1v) is 9.22. The van der Waals surface area contributed by atoms with Gasteiger partial charge in [0, 0.05) is 12.3 Å². The number of ketones is 1. The van der Waals surface area contributed by atoms with E-state index in [9.17, 15) is 9.59 Å². The molecule has 128 valence electrons. The van der Waals surface area contributed by atoms with Gasteiger partial charge in [0.25, 0.3) is 7.51 Å². The second-order valence-corrected chi connectivity index (χ2v) is 8.92. The lowest BCUT2D eigenvalue weighted by atomic mass is 9.97. The maximum absolute atomic E-state index is 12.5. The molecular formula is C16H20N3O4P. The average Bonchev–Trinajstić information content (AvgIpc) is 2.52. The van der Waals surface area contributed by atoms with Crippen LogP contribution in [0, 0.1) is 12.3 Å².